The van der Waals surface area contributed by atoms with E-state index in [1.165, 1.54) is 7.11 Å². The number of carbonyl (C=O) groups excluding carboxylic acids is 2. The van der Waals surface area contributed by atoms with Crippen LogP contribution >= 0.6 is 0 Å². The van der Waals surface area contributed by atoms with E-state index >= 15 is 0 Å². The van der Waals surface area contributed by atoms with Gasteiger partial charge in [0.1, 0.15) is 11.5 Å². The normalized spacial score (nSPS) is 10.0. The molecule has 116 valence electrons. The highest BCUT2D eigenvalue weighted by Crippen LogP contribution is 2.26. The second kappa shape index (κ2) is 9.00. The molecule has 0 saturated heterocycles. The lowest BCUT2D eigenvalue weighted by Crippen LogP contribution is -2.06. The van der Waals surface area contributed by atoms with Crippen LogP contribution in [0.3, 0.4) is 0 Å². The summed E-state index contributed by atoms with van der Waals surface area (Å²) >= 11 is 0. The number of methoxy groups -OCH3 is 1. The molecular formula is C16H22O5. The van der Waals surface area contributed by atoms with Crippen molar-refractivity contribution in [2.45, 2.75) is 33.1 Å². The highest BCUT2D eigenvalue weighted by atomic mass is 16.5. The Hall–Kier alpha value is -2.04. The monoisotopic (exact) mass is 294 g/mol. The van der Waals surface area contributed by atoms with E-state index in [9.17, 15) is 9.59 Å². The number of Topliss-reactive ketones (excluding diaryl/α,β-unsaturated/α-hetero) is 1. The number of ether oxygens (including phenoxy) is 3. The summed E-state index contributed by atoms with van der Waals surface area (Å²) in [5, 5.41) is 0. The second-order valence-corrected chi connectivity index (χ2v) is 4.38. The molecule has 0 amide bonds. The quantitative estimate of drug-likeness (QED) is 0.517. The SMILES string of the molecule is CCOc1ccc(C(=O)CCCC(=O)OC)c(OCC)c1. The molecule has 0 aliphatic heterocycles. The third-order valence-corrected chi connectivity index (χ3v) is 2.88. The van der Waals surface area contributed by atoms with Crippen LogP contribution in [-0.2, 0) is 9.53 Å². The Morgan fingerprint density at radius 1 is 1.05 bits per heavy atom. The predicted octanol–water partition coefficient (Wildman–Crippen LogP) is 3.01. The average molecular weight is 294 g/mol. The molecule has 0 aliphatic carbocycles. The molecule has 5 nitrogen and oxygen atoms in total. The lowest BCUT2D eigenvalue weighted by molar-refractivity contribution is -0.140. The molecule has 1 aromatic rings. The summed E-state index contributed by atoms with van der Waals surface area (Å²) in [7, 11) is 1.34. The van der Waals surface area contributed by atoms with Gasteiger partial charge in [-0.15, -0.1) is 0 Å². The van der Waals surface area contributed by atoms with E-state index in [1.807, 2.05) is 13.8 Å². The minimum absolute atomic E-state index is 0.0506. The van der Waals surface area contributed by atoms with E-state index in [0.29, 0.717) is 36.7 Å². The fraction of sp³-hybridized carbons (Fsp3) is 0.500. The Bertz CT molecular complexity index is 482. The van der Waals surface area contributed by atoms with Gasteiger partial charge in [-0.05, 0) is 32.4 Å². The minimum atomic E-state index is -0.306. The number of hydrogen-bond acceptors (Lipinski definition) is 5. The number of benzene rings is 1. The maximum Gasteiger partial charge on any atom is 0.305 e. The smallest absolute Gasteiger partial charge is 0.305 e. The predicted molar refractivity (Wildman–Crippen MR) is 79.0 cm³/mol. The average Bonchev–Trinajstić information content (AvgIpc) is 2.48. The van der Waals surface area contributed by atoms with Gasteiger partial charge in [-0.1, -0.05) is 0 Å². The van der Waals surface area contributed by atoms with Crippen molar-refractivity contribution < 1.29 is 23.8 Å². The largest absolute Gasteiger partial charge is 0.494 e. The van der Waals surface area contributed by atoms with Gasteiger partial charge in [0.2, 0.25) is 0 Å². The zero-order chi connectivity index (χ0) is 15.7. The summed E-state index contributed by atoms with van der Waals surface area (Å²) in [6, 6.07) is 5.18. The molecule has 0 fully saturated rings. The van der Waals surface area contributed by atoms with Crippen molar-refractivity contribution in [1.82, 2.24) is 0 Å². The molecule has 1 rings (SSSR count). The number of rotatable bonds is 9. The van der Waals surface area contributed by atoms with Crippen LogP contribution in [0.4, 0.5) is 0 Å². The molecule has 0 spiro atoms. The molecule has 0 N–H and O–H groups in total. The number of carbonyl (C=O) groups is 2. The summed E-state index contributed by atoms with van der Waals surface area (Å²) in [4.78, 5) is 23.2. The van der Waals surface area contributed by atoms with E-state index in [2.05, 4.69) is 4.74 Å². The molecule has 0 saturated carbocycles. The fourth-order valence-electron chi connectivity index (χ4n) is 1.89. The van der Waals surface area contributed by atoms with E-state index in [-0.39, 0.29) is 24.6 Å². The van der Waals surface area contributed by atoms with Crippen LogP contribution in [0.5, 0.6) is 11.5 Å². The Morgan fingerprint density at radius 3 is 2.38 bits per heavy atom. The Kier molecular flexibility index (Phi) is 7.29. The van der Waals surface area contributed by atoms with Crippen molar-refractivity contribution in [2.75, 3.05) is 20.3 Å². The third kappa shape index (κ3) is 5.45. The molecule has 0 aliphatic rings. The van der Waals surface area contributed by atoms with Gasteiger partial charge in [0.15, 0.2) is 5.78 Å². The lowest BCUT2D eigenvalue weighted by atomic mass is 10.0. The number of ketones is 1. The van der Waals surface area contributed by atoms with Gasteiger partial charge >= 0.3 is 5.97 Å². The molecule has 0 atom stereocenters. The Labute approximate surface area is 125 Å². The van der Waals surface area contributed by atoms with Crippen LogP contribution in [0.2, 0.25) is 0 Å². The molecule has 21 heavy (non-hydrogen) atoms. The van der Waals surface area contributed by atoms with Gasteiger partial charge < -0.3 is 14.2 Å². The van der Waals surface area contributed by atoms with Crippen molar-refractivity contribution in [2.24, 2.45) is 0 Å². The standard InChI is InChI=1S/C16H22O5/c1-4-20-12-9-10-13(15(11-12)21-5-2)14(17)7-6-8-16(18)19-3/h9-11H,4-8H2,1-3H3. The van der Waals surface area contributed by atoms with Gasteiger partial charge in [-0.3, -0.25) is 9.59 Å². The fourth-order valence-corrected chi connectivity index (χ4v) is 1.89. The molecule has 1 aromatic carbocycles. The summed E-state index contributed by atoms with van der Waals surface area (Å²) in [5.74, 6) is 0.837. The van der Waals surface area contributed by atoms with Crippen molar-refractivity contribution in [3.05, 3.63) is 23.8 Å². The van der Waals surface area contributed by atoms with Crippen molar-refractivity contribution >= 4 is 11.8 Å². The molecule has 0 aromatic heterocycles. The van der Waals surface area contributed by atoms with Crippen LogP contribution in [0.1, 0.15) is 43.5 Å². The topological polar surface area (TPSA) is 61.8 Å². The summed E-state index contributed by atoms with van der Waals surface area (Å²) < 4.78 is 15.5. The van der Waals surface area contributed by atoms with Gasteiger partial charge in [-0.2, -0.15) is 0 Å². The molecule has 0 radical (unpaired) electrons. The van der Waals surface area contributed by atoms with Gasteiger partial charge in [0.05, 0.1) is 25.9 Å². The summed E-state index contributed by atoms with van der Waals surface area (Å²) in [5.41, 5.74) is 0.519. The first kappa shape index (κ1) is 17.0. The van der Waals surface area contributed by atoms with Crippen molar-refractivity contribution in [3.63, 3.8) is 0 Å². The zero-order valence-corrected chi connectivity index (χ0v) is 12.8. The van der Waals surface area contributed by atoms with Gasteiger partial charge in [0, 0.05) is 18.9 Å². The third-order valence-electron chi connectivity index (χ3n) is 2.88. The zero-order valence-electron chi connectivity index (χ0n) is 12.8. The molecule has 0 bridgehead atoms. The van der Waals surface area contributed by atoms with Crippen molar-refractivity contribution in [3.8, 4) is 11.5 Å². The summed E-state index contributed by atoms with van der Waals surface area (Å²) in [6.45, 7) is 4.78. The maximum atomic E-state index is 12.2. The van der Waals surface area contributed by atoms with Crippen LogP contribution in [0.15, 0.2) is 18.2 Å². The van der Waals surface area contributed by atoms with E-state index < -0.39 is 0 Å². The Balaban J connectivity index is 2.75. The highest BCUT2D eigenvalue weighted by molar-refractivity contribution is 5.99. The molecule has 0 heterocycles. The molecular weight excluding hydrogens is 272 g/mol. The number of esters is 1. The number of hydrogen-bond donors (Lipinski definition) is 0. The van der Waals surface area contributed by atoms with E-state index in [4.69, 9.17) is 9.47 Å². The summed E-state index contributed by atoms with van der Waals surface area (Å²) in [6.07, 6.45) is 0.983. The maximum absolute atomic E-state index is 12.2. The molecule has 0 unspecified atom stereocenters. The highest BCUT2D eigenvalue weighted by Gasteiger charge is 2.14. The molecule has 5 heteroatoms. The minimum Gasteiger partial charge on any atom is -0.494 e. The van der Waals surface area contributed by atoms with Gasteiger partial charge in [-0.25, -0.2) is 0 Å². The van der Waals surface area contributed by atoms with Crippen LogP contribution in [-0.4, -0.2) is 32.1 Å². The lowest BCUT2D eigenvalue weighted by Gasteiger charge is -2.11. The first-order chi connectivity index (χ1) is 10.1. The van der Waals surface area contributed by atoms with Crippen LogP contribution in [0, 0.1) is 0 Å². The first-order valence-corrected chi connectivity index (χ1v) is 7.12. The Morgan fingerprint density at radius 2 is 1.76 bits per heavy atom. The van der Waals surface area contributed by atoms with Gasteiger partial charge in [0.25, 0.3) is 0 Å². The first-order valence-electron chi connectivity index (χ1n) is 7.12. The van der Waals surface area contributed by atoms with E-state index in [0.717, 1.165) is 0 Å². The van der Waals surface area contributed by atoms with E-state index in [1.54, 1.807) is 18.2 Å². The van der Waals surface area contributed by atoms with Crippen LogP contribution < -0.4 is 9.47 Å². The van der Waals surface area contributed by atoms with Crippen LogP contribution in [0.25, 0.3) is 0 Å². The van der Waals surface area contributed by atoms with Crippen molar-refractivity contribution in [1.29, 1.82) is 0 Å². The second-order valence-electron chi connectivity index (χ2n) is 4.38.